The molecule has 1 amide bonds. The van der Waals surface area contributed by atoms with Crippen molar-refractivity contribution in [2.75, 3.05) is 10.0 Å². The van der Waals surface area contributed by atoms with Crippen molar-refractivity contribution >= 4 is 60.8 Å². The third kappa shape index (κ3) is 5.18. The number of amides is 1. The van der Waals surface area contributed by atoms with Crippen LogP contribution in [0.4, 0.5) is 11.4 Å². The van der Waals surface area contributed by atoms with Gasteiger partial charge in [-0.3, -0.25) is 9.52 Å². The Morgan fingerprint density at radius 1 is 0.933 bits per heavy atom. The van der Waals surface area contributed by atoms with Gasteiger partial charge < -0.3 is 10.4 Å². The maximum atomic E-state index is 12.7. The van der Waals surface area contributed by atoms with E-state index >= 15 is 0 Å². The molecule has 3 aromatic rings. The second-order valence-electron chi connectivity index (χ2n) is 6.09. The van der Waals surface area contributed by atoms with Gasteiger partial charge in [-0.25, -0.2) is 13.2 Å². The predicted octanol–water partition coefficient (Wildman–Crippen LogP) is 4.85. The summed E-state index contributed by atoms with van der Waals surface area (Å²) in [7, 11) is -4.09. The summed E-state index contributed by atoms with van der Waals surface area (Å²) in [5.74, 6) is -1.76. The molecular weight excluding hydrogens is 496 g/mol. The monoisotopic (exact) mass is 508 g/mol. The highest BCUT2D eigenvalue weighted by Gasteiger charge is 2.19. The molecule has 0 aliphatic heterocycles. The average molecular weight is 510 g/mol. The SMILES string of the molecule is O=C(O)c1cccc(NS(=O)(=O)c2ccc(Cl)c(C(=O)Nc3ccc(Br)cc3)c2)c1. The smallest absolute Gasteiger partial charge is 0.335 e. The number of halogens is 2. The molecule has 0 saturated heterocycles. The van der Waals surface area contributed by atoms with Crippen molar-refractivity contribution in [2.45, 2.75) is 4.90 Å². The first-order valence-corrected chi connectivity index (χ1v) is 11.0. The van der Waals surface area contributed by atoms with Crippen molar-refractivity contribution in [3.63, 3.8) is 0 Å². The van der Waals surface area contributed by atoms with Crippen LogP contribution in [-0.4, -0.2) is 25.4 Å². The van der Waals surface area contributed by atoms with Gasteiger partial charge in [0.2, 0.25) is 0 Å². The number of carboxylic acids is 1. The Kier molecular flexibility index (Phi) is 6.45. The highest BCUT2D eigenvalue weighted by Crippen LogP contribution is 2.24. The molecule has 0 aliphatic rings. The topological polar surface area (TPSA) is 113 Å². The molecule has 7 nitrogen and oxygen atoms in total. The predicted molar refractivity (Wildman–Crippen MR) is 118 cm³/mol. The number of hydrogen-bond donors (Lipinski definition) is 3. The molecule has 0 bridgehead atoms. The molecule has 0 saturated carbocycles. The molecule has 3 N–H and O–H groups in total. The molecule has 0 heterocycles. The molecule has 0 atom stereocenters. The van der Waals surface area contributed by atoms with E-state index in [1.54, 1.807) is 24.3 Å². The van der Waals surface area contributed by atoms with Crippen LogP contribution < -0.4 is 10.0 Å². The number of benzene rings is 3. The highest BCUT2D eigenvalue weighted by atomic mass is 79.9. The molecule has 0 spiro atoms. The summed E-state index contributed by atoms with van der Waals surface area (Å²) in [6.07, 6.45) is 0. The number of carbonyl (C=O) groups is 2. The third-order valence-electron chi connectivity index (χ3n) is 3.96. The van der Waals surface area contributed by atoms with Crippen LogP contribution in [0.2, 0.25) is 5.02 Å². The Morgan fingerprint density at radius 2 is 1.63 bits per heavy atom. The first-order valence-electron chi connectivity index (χ1n) is 8.38. The number of hydrogen-bond acceptors (Lipinski definition) is 4. The van der Waals surface area contributed by atoms with Gasteiger partial charge in [-0.2, -0.15) is 0 Å². The van der Waals surface area contributed by atoms with Crippen molar-refractivity contribution in [1.82, 2.24) is 0 Å². The lowest BCUT2D eigenvalue weighted by atomic mass is 10.2. The van der Waals surface area contributed by atoms with E-state index in [1.165, 1.54) is 36.4 Å². The summed E-state index contributed by atoms with van der Waals surface area (Å²) < 4.78 is 28.6. The van der Waals surface area contributed by atoms with Gasteiger partial charge >= 0.3 is 5.97 Å². The van der Waals surface area contributed by atoms with Crippen LogP contribution in [0.3, 0.4) is 0 Å². The number of nitrogens with one attached hydrogen (secondary N) is 2. The highest BCUT2D eigenvalue weighted by molar-refractivity contribution is 9.10. The summed E-state index contributed by atoms with van der Waals surface area (Å²) in [5.41, 5.74) is 0.490. The van der Waals surface area contributed by atoms with E-state index in [0.717, 1.165) is 10.5 Å². The maximum absolute atomic E-state index is 12.7. The standard InChI is InChI=1S/C20H14BrClN2O5S/c21-13-4-6-14(7-5-13)23-19(25)17-11-16(8-9-18(17)22)30(28,29)24-15-3-1-2-12(10-15)20(26)27/h1-11,24H,(H,23,25)(H,26,27). The number of aromatic carboxylic acids is 1. The average Bonchev–Trinajstić information content (AvgIpc) is 2.69. The minimum atomic E-state index is -4.09. The molecule has 0 unspecified atom stereocenters. The van der Waals surface area contributed by atoms with Crippen molar-refractivity contribution < 1.29 is 23.1 Å². The van der Waals surface area contributed by atoms with E-state index in [1.807, 2.05) is 0 Å². The van der Waals surface area contributed by atoms with Gasteiger partial charge in [-0.05, 0) is 60.7 Å². The molecule has 154 valence electrons. The summed E-state index contributed by atoms with van der Waals surface area (Å²) in [5, 5.41) is 11.8. The van der Waals surface area contributed by atoms with Crippen LogP contribution >= 0.6 is 27.5 Å². The van der Waals surface area contributed by atoms with E-state index in [0.29, 0.717) is 5.69 Å². The number of rotatable bonds is 6. The van der Waals surface area contributed by atoms with Crippen molar-refractivity contribution in [3.8, 4) is 0 Å². The number of carbonyl (C=O) groups excluding carboxylic acids is 1. The minimum Gasteiger partial charge on any atom is -0.478 e. The van der Waals surface area contributed by atoms with E-state index in [9.17, 15) is 18.0 Å². The molecule has 3 rings (SSSR count). The normalized spacial score (nSPS) is 11.0. The molecule has 0 aliphatic carbocycles. The third-order valence-corrected chi connectivity index (χ3v) is 6.19. The molecular formula is C20H14BrClN2O5S. The Balaban J connectivity index is 1.87. The Morgan fingerprint density at radius 3 is 2.30 bits per heavy atom. The van der Waals surface area contributed by atoms with Gasteiger partial charge in [0.05, 0.1) is 21.0 Å². The first kappa shape index (κ1) is 21.8. The van der Waals surface area contributed by atoms with Crippen LogP contribution in [0.15, 0.2) is 76.1 Å². The second-order valence-corrected chi connectivity index (χ2v) is 9.10. The van der Waals surface area contributed by atoms with Crippen LogP contribution in [0, 0.1) is 0 Å². The van der Waals surface area contributed by atoms with Crippen molar-refractivity contribution in [1.29, 1.82) is 0 Å². The molecule has 3 aromatic carbocycles. The zero-order valence-corrected chi connectivity index (χ0v) is 18.3. The van der Waals surface area contributed by atoms with Gasteiger partial charge in [0, 0.05) is 15.8 Å². The molecule has 30 heavy (non-hydrogen) atoms. The Hall–Kier alpha value is -2.88. The van der Waals surface area contributed by atoms with Crippen LogP contribution in [0.5, 0.6) is 0 Å². The summed E-state index contributed by atoms with van der Waals surface area (Å²) >= 11 is 9.40. The van der Waals surface area contributed by atoms with Gasteiger partial charge in [0.1, 0.15) is 0 Å². The van der Waals surface area contributed by atoms with E-state index in [-0.39, 0.29) is 26.7 Å². The molecule has 0 aromatic heterocycles. The van der Waals surface area contributed by atoms with Crippen LogP contribution in [0.25, 0.3) is 0 Å². The summed E-state index contributed by atoms with van der Waals surface area (Å²) in [6.45, 7) is 0. The van der Waals surface area contributed by atoms with Gasteiger partial charge in [-0.1, -0.05) is 33.6 Å². The number of carboxylic acid groups (broad SMARTS) is 1. The second kappa shape index (κ2) is 8.86. The lowest BCUT2D eigenvalue weighted by molar-refractivity contribution is 0.0696. The zero-order valence-electron chi connectivity index (χ0n) is 15.1. The summed E-state index contributed by atoms with van der Waals surface area (Å²) in [4.78, 5) is 23.5. The fourth-order valence-corrected chi connectivity index (χ4v) is 4.05. The van der Waals surface area contributed by atoms with Crippen LogP contribution in [-0.2, 0) is 10.0 Å². The molecule has 0 fully saturated rings. The van der Waals surface area contributed by atoms with E-state index in [4.69, 9.17) is 16.7 Å². The fraction of sp³-hybridized carbons (Fsp3) is 0. The minimum absolute atomic E-state index is 0.0262. The van der Waals surface area contributed by atoms with E-state index in [2.05, 4.69) is 26.0 Å². The van der Waals surface area contributed by atoms with Gasteiger partial charge in [0.25, 0.3) is 15.9 Å². The molecule has 0 radical (unpaired) electrons. The number of anilines is 2. The summed E-state index contributed by atoms with van der Waals surface area (Å²) in [6, 6.07) is 15.9. The van der Waals surface area contributed by atoms with Crippen molar-refractivity contribution in [3.05, 3.63) is 87.4 Å². The van der Waals surface area contributed by atoms with Gasteiger partial charge in [-0.15, -0.1) is 0 Å². The number of sulfonamides is 1. The van der Waals surface area contributed by atoms with E-state index < -0.39 is 21.9 Å². The van der Waals surface area contributed by atoms with Gasteiger partial charge in [0.15, 0.2) is 0 Å². The lowest BCUT2D eigenvalue weighted by Crippen LogP contribution is -2.16. The zero-order chi connectivity index (χ0) is 21.9. The quantitative estimate of drug-likeness (QED) is 0.439. The first-order chi connectivity index (χ1) is 14.2. The maximum Gasteiger partial charge on any atom is 0.335 e. The largest absolute Gasteiger partial charge is 0.478 e. The Bertz CT molecular complexity index is 1230. The van der Waals surface area contributed by atoms with Crippen molar-refractivity contribution in [2.24, 2.45) is 0 Å². The molecule has 10 heteroatoms. The lowest BCUT2D eigenvalue weighted by Gasteiger charge is -2.11. The van der Waals surface area contributed by atoms with Crippen LogP contribution in [0.1, 0.15) is 20.7 Å². The fourth-order valence-electron chi connectivity index (χ4n) is 2.51. The Labute approximate surface area is 185 Å².